The molecule has 7 heteroatoms. The van der Waals surface area contributed by atoms with Crippen LogP contribution >= 0.6 is 0 Å². The van der Waals surface area contributed by atoms with Crippen LogP contribution in [0.3, 0.4) is 0 Å². The van der Waals surface area contributed by atoms with Crippen LogP contribution in [0.4, 0.5) is 0 Å². The summed E-state index contributed by atoms with van der Waals surface area (Å²) in [6.45, 7) is 0.511. The first-order valence-corrected chi connectivity index (χ1v) is 10.5. The van der Waals surface area contributed by atoms with Crippen LogP contribution in [-0.2, 0) is 13.1 Å². The fraction of sp³-hybridized carbons (Fsp3) is 0.0769. The van der Waals surface area contributed by atoms with E-state index in [0.29, 0.717) is 23.2 Å². The Balaban J connectivity index is 1.24. The molecule has 0 unspecified atom stereocenters. The molecule has 0 radical (unpaired) electrons. The van der Waals surface area contributed by atoms with Gasteiger partial charge in [0.15, 0.2) is 0 Å². The SMILES string of the molecule is O=C(NCc1ccccc1-n1cccn1)c1ccc(CN2C(=O)c3ccccc3C2=O)cc1. The van der Waals surface area contributed by atoms with Gasteiger partial charge in [-0.1, -0.05) is 42.5 Å². The van der Waals surface area contributed by atoms with Gasteiger partial charge in [-0.3, -0.25) is 19.3 Å². The topological polar surface area (TPSA) is 84.3 Å². The number of carbonyl (C=O) groups excluding carboxylic acids is 3. The zero-order valence-corrected chi connectivity index (χ0v) is 17.6. The minimum atomic E-state index is -0.298. The fourth-order valence-corrected chi connectivity index (χ4v) is 3.90. The first-order valence-electron chi connectivity index (χ1n) is 10.5. The number of benzene rings is 3. The van der Waals surface area contributed by atoms with E-state index in [-0.39, 0.29) is 24.3 Å². The van der Waals surface area contributed by atoms with Gasteiger partial charge in [0, 0.05) is 24.5 Å². The van der Waals surface area contributed by atoms with Crippen LogP contribution < -0.4 is 5.32 Å². The molecule has 0 spiro atoms. The zero-order chi connectivity index (χ0) is 22.8. The van der Waals surface area contributed by atoms with E-state index in [1.54, 1.807) is 59.4 Å². The maximum Gasteiger partial charge on any atom is 0.261 e. The first kappa shape index (κ1) is 20.4. The van der Waals surface area contributed by atoms with Gasteiger partial charge >= 0.3 is 0 Å². The average Bonchev–Trinajstić information content (AvgIpc) is 3.47. The van der Waals surface area contributed by atoms with Crippen LogP contribution in [0, 0.1) is 0 Å². The highest BCUT2D eigenvalue weighted by Gasteiger charge is 2.34. The molecule has 0 aliphatic carbocycles. The minimum absolute atomic E-state index is 0.158. The fourth-order valence-electron chi connectivity index (χ4n) is 3.90. The lowest BCUT2D eigenvalue weighted by Crippen LogP contribution is -2.29. The minimum Gasteiger partial charge on any atom is -0.348 e. The molecule has 0 saturated heterocycles. The third kappa shape index (κ3) is 3.92. The van der Waals surface area contributed by atoms with Crippen molar-refractivity contribution in [1.82, 2.24) is 20.0 Å². The quantitative estimate of drug-likeness (QED) is 0.468. The van der Waals surface area contributed by atoms with Crippen LogP contribution in [-0.4, -0.2) is 32.4 Å². The van der Waals surface area contributed by atoms with E-state index >= 15 is 0 Å². The van der Waals surface area contributed by atoms with E-state index in [1.165, 1.54) is 4.90 Å². The standard InChI is InChI=1S/C26H20N4O3/c31-24(27-16-20-6-1-4-9-23(20)30-15-5-14-28-30)19-12-10-18(11-13-19)17-29-25(32)21-7-2-3-8-22(21)26(29)33/h1-15H,16-17H2,(H,27,31). The number of aromatic nitrogens is 2. The maximum atomic E-state index is 12.7. The number of amides is 3. The Morgan fingerprint density at radius 1 is 0.818 bits per heavy atom. The molecule has 1 N–H and O–H groups in total. The van der Waals surface area contributed by atoms with Crippen molar-refractivity contribution < 1.29 is 14.4 Å². The van der Waals surface area contributed by atoms with Crippen molar-refractivity contribution in [2.45, 2.75) is 13.1 Å². The first-order chi connectivity index (χ1) is 16.1. The van der Waals surface area contributed by atoms with E-state index in [4.69, 9.17) is 0 Å². The van der Waals surface area contributed by atoms with Gasteiger partial charge in [-0.05, 0) is 47.5 Å². The number of imide groups is 1. The Kier molecular flexibility index (Phi) is 5.28. The zero-order valence-electron chi connectivity index (χ0n) is 17.6. The number of hydrogen-bond acceptors (Lipinski definition) is 4. The lowest BCUT2D eigenvalue weighted by Gasteiger charge is -2.14. The Morgan fingerprint density at radius 2 is 1.48 bits per heavy atom. The third-order valence-electron chi connectivity index (χ3n) is 5.62. The Hall–Kier alpha value is -4.52. The number of hydrogen-bond donors (Lipinski definition) is 1. The molecular weight excluding hydrogens is 416 g/mol. The number of nitrogens with one attached hydrogen (secondary N) is 1. The second kappa shape index (κ2) is 8.55. The van der Waals surface area contributed by atoms with Crippen molar-refractivity contribution in [3.8, 4) is 5.69 Å². The molecule has 0 saturated carbocycles. The number of carbonyl (C=O) groups is 3. The summed E-state index contributed by atoms with van der Waals surface area (Å²) < 4.78 is 1.76. The normalized spacial score (nSPS) is 12.7. The van der Waals surface area contributed by atoms with Crippen molar-refractivity contribution in [2.24, 2.45) is 0 Å². The monoisotopic (exact) mass is 436 g/mol. The summed E-state index contributed by atoms with van der Waals surface area (Å²) >= 11 is 0. The molecule has 4 aromatic rings. The van der Waals surface area contributed by atoms with Crippen LogP contribution in [0.1, 0.15) is 42.2 Å². The number of fused-ring (bicyclic) bond motifs is 1. The summed E-state index contributed by atoms with van der Waals surface area (Å²) in [4.78, 5) is 39.0. The van der Waals surface area contributed by atoms with Gasteiger partial charge in [0.05, 0.1) is 23.4 Å². The van der Waals surface area contributed by atoms with Crippen molar-refractivity contribution in [3.63, 3.8) is 0 Å². The molecule has 7 nitrogen and oxygen atoms in total. The van der Waals surface area contributed by atoms with E-state index in [0.717, 1.165) is 16.8 Å². The number of rotatable bonds is 6. The third-order valence-corrected chi connectivity index (χ3v) is 5.62. The van der Waals surface area contributed by atoms with Crippen molar-refractivity contribution in [2.75, 3.05) is 0 Å². The summed E-state index contributed by atoms with van der Waals surface area (Å²) in [5.41, 5.74) is 3.96. The van der Waals surface area contributed by atoms with E-state index < -0.39 is 0 Å². The molecule has 0 fully saturated rings. The van der Waals surface area contributed by atoms with Gasteiger partial charge in [0.2, 0.25) is 0 Å². The van der Waals surface area contributed by atoms with Gasteiger partial charge in [-0.25, -0.2) is 4.68 Å². The number of para-hydroxylation sites is 1. The van der Waals surface area contributed by atoms with Gasteiger partial charge in [0.25, 0.3) is 17.7 Å². The molecule has 3 amide bonds. The summed E-state index contributed by atoms with van der Waals surface area (Å²) in [5, 5.41) is 7.20. The van der Waals surface area contributed by atoms with Crippen LogP contribution in [0.15, 0.2) is 91.3 Å². The molecule has 2 heterocycles. The van der Waals surface area contributed by atoms with Crippen LogP contribution in [0.2, 0.25) is 0 Å². The highest BCUT2D eigenvalue weighted by Crippen LogP contribution is 2.24. The average molecular weight is 436 g/mol. The van der Waals surface area contributed by atoms with E-state index in [1.807, 2.05) is 36.5 Å². The van der Waals surface area contributed by atoms with Crippen molar-refractivity contribution in [3.05, 3.63) is 119 Å². The molecule has 1 aliphatic heterocycles. The Bertz CT molecular complexity index is 1310. The second-order valence-electron chi connectivity index (χ2n) is 7.70. The lowest BCUT2D eigenvalue weighted by atomic mass is 10.1. The predicted octanol–water partition coefficient (Wildman–Crippen LogP) is 3.60. The smallest absolute Gasteiger partial charge is 0.261 e. The molecule has 0 bridgehead atoms. The van der Waals surface area contributed by atoms with E-state index in [2.05, 4.69) is 10.4 Å². The highest BCUT2D eigenvalue weighted by atomic mass is 16.2. The summed E-state index contributed by atoms with van der Waals surface area (Å²) in [7, 11) is 0. The molecular formula is C26H20N4O3. The van der Waals surface area contributed by atoms with Gasteiger partial charge in [-0.15, -0.1) is 0 Å². The largest absolute Gasteiger partial charge is 0.348 e. The van der Waals surface area contributed by atoms with E-state index in [9.17, 15) is 14.4 Å². The molecule has 3 aromatic carbocycles. The van der Waals surface area contributed by atoms with Gasteiger partial charge in [0.1, 0.15) is 0 Å². The van der Waals surface area contributed by atoms with Gasteiger partial charge in [-0.2, -0.15) is 5.10 Å². The molecule has 33 heavy (non-hydrogen) atoms. The Labute approximate surface area is 190 Å². The van der Waals surface area contributed by atoms with Crippen LogP contribution in [0.25, 0.3) is 5.69 Å². The molecule has 1 aliphatic rings. The molecule has 1 aromatic heterocycles. The summed E-state index contributed by atoms with van der Waals surface area (Å²) in [6.07, 6.45) is 3.56. The van der Waals surface area contributed by atoms with Crippen LogP contribution in [0.5, 0.6) is 0 Å². The maximum absolute atomic E-state index is 12.7. The molecule has 0 atom stereocenters. The van der Waals surface area contributed by atoms with Crippen molar-refractivity contribution in [1.29, 1.82) is 0 Å². The highest BCUT2D eigenvalue weighted by molar-refractivity contribution is 6.21. The number of nitrogens with zero attached hydrogens (tertiary/aromatic N) is 3. The van der Waals surface area contributed by atoms with Crippen molar-refractivity contribution >= 4 is 17.7 Å². The second-order valence-corrected chi connectivity index (χ2v) is 7.70. The van der Waals surface area contributed by atoms with Gasteiger partial charge < -0.3 is 5.32 Å². The predicted molar refractivity (Wildman–Crippen MR) is 122 cm³/mol. The molecule has 5 rings (SSSR count). The summed E-state index contributed by atoms with van der Waals surface area (Å²) in [6, 6.07) is 23.3. The molecule has 162 valence electrons. The Morgan fingerprint density at radius 3 is 2.15 bits per heavy atom. The lowest BCUT2D eigenvalue weighted by molar-refractivity contribution is 0.0641. The summed E-state index contributed by atoms with van der Waals surface area (Å²) in [5.74, 6) is -0.806.